The van der Waals surface area contributed by atoms with Crippen LogP contribution in [0.3, 0.4) is 0 Å². The number of halogens is 3. The van der Waals surface area contributed by atoms with Crippen molar-refractivity contribution in [1.29, 1.82) is 0 Å². The van der Waals surface area contributed by atoms with Crippen LogP contribution in [0.15, 0.2) is 12.1 Å². The first-order chi connectivity index (χ1) is 12.1. The Morgan fingerprint density at radius 2 is 1.16 bits per heavy atom. The first-order valence-corrected chi connectivity index (χ1v) is 11.0. The summed E-state index contributed by atoms with van der Waals surface area (Å²) in [4.78, 5) is 0. The van der Waals surface area contributed by atoms with Crippen molar-refractivity contribution in [3.05, 3.63) is 35.1 Å². The molecule has 0 N–H and O–H groups in total. The van der Waals surface area contributed by atoms with Gasteiger partial charge in [0.25, 0.3) is 0 Å². The van der Waals surface area contributed by atoms with Gasteiger partial charge in [-0.05, 0) is 37.2 Å². The Balaban J connectivity index is 1.91. The zero-order chi connectivity index (χ0) is 18.3. The molecular formula is C21H33F3S. The van der Waals surface area contributed by atoms with Gasteiger partial charge in [-0.1, -0.05) is 58.3 Å². The predicted molar refractivity (Wildman–Crippen MR) is 104 cm³/mol. The van der Waals surface area contributed by atoms with Crippen molar-refractivity contribution >= 4 is 11.8 Å². The minimum absolute atomic E-state index is 0.0264. The van der Waals surface area contributed by atoms with Crippen LogP contribution in [0.4, 0.5) is 13.2 Å². The van der Waals surface area contributed by atoms with E-state index in [0.717, 1.165) is 31.4 Å². The summed E-state index contributed by atoms with van der Waals surface area (Å²) >= 11 is 2.07. The van der Waals surface area contributed by atoms with E-state index in [1.165, 1.54) is 62.9 Å². The highest BCUT2D eigenvalue weighted by atomic mass is 32.2. The third kappa shape index (κ3) is 10.8. The van der Waals surface area contributed by atoms with Gasteiger partial charge in [0.05, 0.1) is 0 Å². The predicted octanol–water partition coefficient (Wildman–Crippen LogP) is 7.69. The van der Waals surface area contributed by atoms with Gasteiger partial charge in [0.1, 0.15) is 17.5 Å². The molecule has 0 spiro atoms. The fourth-order valence-electron chi connectivity index (χ4n) is 2.98. The van der Waals surface area contributed by atoms with Crippen LogP contribution in [0.25, 0.3) is 0 Å². The molecule has 1 aromatic rings. The minimum Gasteiger partial charge on any atom is -0.207 e. The lowest BCUT2D eigenvalue weighted by Crippen LogP contribution is -1.97. The van der Waals surface area contributed by atoms with E-state index in [1.807, 2.05) is 0 Å². The Labute approximate surface area is 156 Å². The third-order valence-corrected chi connectivity index (χ3v) is 5.69. The molecule has 0 bridgehead atoms. The highest BCUT2D eigenvalue weighted by Gasteiger charge is 2.10. The largest absolute Gasteiger partial charge is 0.207 e. The molecule has 1 aromatic carbocycles. The van der Waals surface area contributed by atoms with Crippen molar-refractivity contribution in [3.63, 3.8) is 0 Å². The van der Waals surface area contributed by atoms with Gasteiger partial charge in [-0.15, -0.1) is 0 Å². The van der Waals surface area contributed by atoms with E-state index in [0.29, 0.717) is 6.42 Å². The zero-order valence-corrected chi connectivity index (χ0v) is 16.4. The highest BCUT2D eigenvalue weighted by molar-refractivity contribution is 7.99. The van der Waals surface area contributed by atoms with Gasteiger partial charge in [0.2, 0.25) is 0 Å². The maximum atomic E-state index is 13.5. The molecule has 0 fully saturated rings. The Kier molecular flexibility index (Phi) is 13.0. The van der Waals surface area contributed by atoms with E-state index in [4.69, 9.17) is 0 Å². The van der Waals surface area contributed by atoms with Crippen LogP contribution in [0.1, 0.15) is 83.1 Å². The first-order valence-electron chi connectivity index (χ1n) is 9.86. The van der Waals surface area contributed by atoms with E-state index >= 15 is 0 Å². The summed E-state index contributed by atoms with van der Waals surface area (Å²) in [6.07, 6.45) is 13.6. The van der Waals surface area contributed by atoms with E-state index in [1.54, 1.807) is 0 Å². The SMILES string of the molecule is CCCSCCCCCCCCCCCCc1c(F)cc(F)cc1F. The van der Waals surface area contributed by atoms with Crippen LogP contribution < -0.4 is 0 Å². The molecule has 25 heavy (non-hydrogen) atoms. The fourth-order valence-corrected chi connectivity index (χ4v) is 3.88. The Hall–Kier alpha value is -0.640. The van der Waals surface area contributed by atoms with E-state index < -0.39 is 17.5 Å². The van der Waals surface area contributed by atoms with Crippen molar-refractivity contribution in [2.45, 2.75) is 84.0 Å². The lowest BCUT2D eigenvalue weighted by molar-refractivity contribution is 0.512. The van der Waals surface area contributed by atoms with Crippen molar-refractivity contribution in [2.75, 3.05) is 11.5 Å². The molecule has 0 unspecified atom stereocenters. The van der Waals surface area contributed by atoms with Crippen LogP contribution in [-0.2, 0) is 6.42 Å². The Bertz CT molecular complexity index is 439. The van der Waals surface area contributed by atoms with Gasteiger partial charge in [-0.2, -0.15) is 11.8 Å². The monoisotopic (exact) mass is 374 g/mol. The van der Waals surface area contributed by atoms with Gasteiger partial charge in [0.15, 0.2) is 0 Å². The van der Waals surface area contributed by atoms with Gasteiger partial charge in [-0.3, -0.25) is 0 Å². The molecule has 0 nitrogen and oxygen atoms in total. The second kappa shape index (κ2) is 14.5. The van der Waals surface area contributed by atoms with Gasteiger partial charge >= 0.3 is 0 Å². The molecule has 0 heterocycles. The molecule has 0 aliphatic carbocycles. The highest BCUT2D eigenvalue weighted by Crippen LogP contribution is 2.18. The second-order valence-corrected chi connectivity index (χ2v) is 7.97. The van der Waals surface area contributed by atoms with Crippen molar-refractivity contribution in [1.82, 2.24) is 0 Å². The number of hydrogen-bond acceptors (Lipinski definition) is 1. The van der Waals surface area contributed by atoms with E-state index in [9.17, 15) is 13.2 Å². The maximum Gasteiger partial charge on any atom is 0.132 e. The molecule has 4 heteroatoms. The average Bonchev–Trinajstić information content (AvgIpc) is 2.57. The quantitative estimate of drug-likeness (QED) is 0.284. The number of hydrogen-bond donors (Lipinski definition) is 0. The molecule has 0 amide bonds. The first kappa shape index (κ1) is 22.4. The van der Waals surface area contributed by atoms with Crippen LogP contribution in [-0.4, -0.2) is 11.5 Å². The molecule has 1 rings (SSSR count). The molecule has 0 atom stereocenters. The van der Waals surface area contributed by atoms with Crippen LogP contribution in [0.2, 0.25) is 0 Å². The fraction of sp³-hybridized carbons (Fsp3) is 0.714. The topological polar surface area (TPSA) is 0 Å². The van der Waals surface area contributed by atoms with Gasteiger partial charge in [0, 0.05) is 17.7 Å². The summed E-state index contributed by atoms with van der Waals surface area (Å²) in [5.74, 6) is 0.235. The maximum absolute atomic E-state index is 13.5. The number of rotatable bonds is 15. The Morgan fingerprint density at radius 3 is 1.68 bits per heavy atom. The number of benzene rings is 1. The smallest absolute Gasteiger partial charge is 0.132 e. The van der Waals surface area contributed by atoms with Crippen molar-refractivity contribution in [3.8, 4) is 0 Å². The van der Waals surface area contributed by atoms with Crippen LogP contribution >= 0.6 is 11.8 Å². The molecular weight excluding hydrogens is 341 g/mol. The lowest BCUT2D eigenvalue weighted by Gasteiger charge is -2.06. The molecule has 0 saturated carbocycles. The van der Waals surface area contributed by atoms with Crippen molar-refractivity contribution in [2.24, 2.45) is 0 Å². The third-order valence-electron chi connectivity index (χ3n) is 4.42. The summed E-state index contributed by atoms with van der Waals surface area (Å²) in [6, 6.07) is 1.53. The standard InChI is InChI=1S/C21H33F3S/c1-2-14-25-15-12-10-8-6-4-3-5-7-9-11-13-19-20(23)16-18(22)17-21(19)24/h16-17H,2-15H2,1H3. The molecule has 0 aromatic heterocycles. The summed E-state index contributed by atoms with van der Waals surface area (Å²) in [6.45, 7) is 2.23. The van der Waals surface area contributed by atoms with Gasteiger partial charge < -0.3 is 0 Å². The zero-order valence-electron chi connectivity index (χ0n) is 15.6. The molecule has 0 aliphatic heterocycles. The second-order valence-electron chi connectivity index (χ2n) is 6.75. The molecule has 0 saturated heterocycles. The van der Waals surface area contributed by atoms with E-state index in [2.05, 4.69) is 18.7 Å². The van der Waals surface area contributed by atoms with Crippen LogP contribution in [0.5, 0.6) is 0 Å². The summed E-state index contributed by atoms with van der Waals surface area (Å²) in [7, 11) is 0. The van der Waals surface area contributed by atoms with Crippen molar-refractivity contribution < 1.29 is 13.2 Å². The van der Waals surface area contributed by atoms with Crippen LogP contribution in [0, 0.1) is 17.5 Å². The summed E-state index contributed by atoms with van der Waals surface area (Å²) in [5.41, 5.74) is 0.0264. The van der Waals surface area contributed by atoms with Gasteiger partial charge in [-0.25, -0.2) is 13.2 Å². The molecule has 0 aliphatic rings. The molecule has 144 valence electrons. The van der Waals surface area contributed by atoms with E-state index in [-0.39, 0.29) is 5.56 Å². The number of thioether (sulfide) groups is 1. The normalized spacial score (nSPS) is 11.2. The average molecular weight is 375 g/mol. The lowest BCUT2D eigenvalue weighted by atomic mass is 10.0. The minimum atomic E-state index is -0.849. The molecule has 0 radical (unpaired) electrons. The summed E-state index contributed by atoms with van der Waals surface area (Å²) < 4.78 is 39.8. The summed E-state index contributed by atoms with van der Waals surface area (Å²) in [5, 5.41) is 0. The Morgan fingerprint density at radius 1 is 0.680 bits per heavy atom. The number of unbranched alkanes of at least 4 members (excludes halogenated alkanes) is 9.